The van der Waals surface area contributed by atoms with Crippen molar-refractivity contribution in [3.63, 3.8) is 0 Å². The lowest BCUT2D eigenvalue weighted by atomic mass is 10.2. The van der Waals surface area contributed by atoms with E-state index in [9.17, 15) is 4.79 Å². The quantitative estimate of drug-likeness (QED) is 0.682. The second kappa shape index (κ2) is 11.8. The molecule has 146 valence electrons. The lowest BCUT2D eigenvalue weighted by Crippen LogP contribution is -2.20. The topological polar surface area (TPSA) is 82.8 Å². The summed E-state index contributed by atoms with van der Waals surface area (Å²) in [5, 5.41) is 2.77. The summed E-state index contributed by atoms with van der Waals surface area (Å²) in [6.07, 6.45) is 3.90. The standard InChI is InChI=1S/C20H24N2O4.ClH/c1-3-4-15-5-10-18(19(13-15)24-2)26-14-20(23)22-16-6-8-17(9-7-16)25-12-11-21;/h3-10,13H,11-12,14,21H2,1-2H3,(H,22,23);1H/b4-3+;. The molecule has 2 aromatic rings. The number of rotatable bonds is 9. The van der Waals surface area contributed by atoms with Gasteiger partial charge in [-0.1, -0.05) is 18.2 Å². The minimum absolute atomic E-state index is 0. The molecule has 27 heavy (non-hydrogen) atoms. The maximum atomic E-state index is 12.1. The van der Waals surface area contributed by atoms with Crippen LogP contribution in [0, 0.1) is 0 Å². The van der Waals surface area contributed by atoms with Gasteiger partial charge < -0.3 is 25.3 Å². The van der Waals surface area contributed by atoms with Gasteiger partial charge in [-0.25, -0.2) is 0 Å². The lowest BCUT2D eigenvalue weighted by molar-refractivity contribution is -0.118. The Bertz CT molecular complexity index is 748. The van der Waals surface area contributed by atoms with E-state index in [1.165, 1.54) is 0 Å². The first-order chi connectivity index (χ1) is 12.7. The molecule has 2 aromatic carbocycles. The number of benzene rings is 2. The molecule has 0 bridgehead atoms. The van der Waals surface area contributed by atoms with Gasteiger partial charge in [-0.3, -0.25) is 4.79 Å². The van der Waals surface area contributed by atoms with E-state index < -0.39 is 0 Å². The van der Waals surface area contributed by atoms with Gasteiger partial charge in [0.05, 0.1) is 7.11 Å². The third-order valence-corrected chi connectivity index (χ3v) is 3.43. The van der Waals surface area contributed by atoms with Crippen molar-refractivity contribution < 1.29 is 19.0 Å². The van der Waals surface area contributed by atoms with Gasteiger partial charge in [-0.15, -0.1) is 12.4 Å². The van der Waals surface area contributed by atoms with E-state index >= 15 is 0 Å². The molecule has 0 atom stereocenters. The van der Waals surface area contributed by atoms with Crippen molar-refractivity contribution in [3.8, 4) is 17.2 Å². The van der Waals surface area contributed by atoms with Crippen molar-refractivity contribution in [3.05, 3.63) is 54.1 Å². The summed E-state index contributed by atoms with van der Waals surface area (Å²) >= 11 is 0. The van der Waals surface area contributed by atoms with Crippen LogP contribution < -0.4 is 25.3 Å². The lowest BCUT2D eigenvalue weighted by Gasteiger charge is -2.12. The van der Waals surface area contributed by atoms with Gasteiger partial charge in [0, 0.05) is 12.2 Å². The van der Waals surface area contributed by atoms with Crippen LogP contribution in [0.3, 0.4) is 0 Å². The summed E-state index contributed by atoms with van der Waals surface area (Å²) in [5.41, 5.74) is 7.05. The molecule has 0 aromatic heterocycles. The summed E-state index contributed by atoms with van der Waals surface area (Å²) in [6.45, 7) is 2.73. The molecule has 0 aliphatic heterocycles. The number of halogens is 1. The normalized spacial score (nSPS) is 10.2. The van der Waals surface area contributed by atoms with E-state index in [0.29, 0.717) is 36.1 Å². The molecule has 0 spiro atoms. The number of ether oxygens (including phenoxy) is 3. The van der Waals surface area contributed by atoms with Crippen LogP contribution in [0.1, 0.15) is 12.5 Å². The Morgan fingerprint density at radius 1 is 1.11 bits per heavy atom. The number of amides is 1. The Balaban J connectivity index is 0.00000364. The fourth-order valence-electron chi connectivity index (χ4n) is 2.25. The number of methoxy groups -OCH3 is 1. The summed E-state index contributed by atoms with van der Waals surface area (Å²) in [5.74, 6) is 1.53. The Kier molecular flexibility index (Phi) is 9.79. The zero-order valence-electron chi connectivity index (χ0n) is 15.4. The van der Waals surface area contributed by atoms with Gasteiger partial charge >= 0.3 is 0 Å². The molecule has 7 heteroatoms. The van der Waals surface area contributed by atoms with Crippen LogP contribution in [-0.2, 0) is 4.79 Å². The van der Waals surface area contributed by atoms with Crippen LogP contribution in [0.2, 0.25) is 0 Å². The highest BCUT2D eigenvalue weighted by atomic mass is 35.5. The van der Waals surface area contributed by atoms with E-state index in [-0.39, 0.29) is 24.9 Å². The summed E-state index contributed by atoms with van der Waals surface area (Å²) in [7, 11) is 1.57. The van der Waals surface area contributed by atoms with Crippen LogP contribution in [0.25, 0.3) is 6.08 Å². The van der Waals surface area contributed by atoms with Crippen molar-refractivity contribution in [1.29, 1.82) is 0 Å². The van der Waals surface area contributed by atoms with Gasteiger partial charge in [0.25, 0.3) is 5.91 Å². The molecule has 0 unspecified atom stereocenters. The van der Waals surface area contributed by atoms with Gasteiger partial charge in [-0.2, -0.15) is 0 Å². The predicted octanol–water partition coefficient (Wildman–Crippen LogP) is 3.51. The van der Waals surface area contributed by atoms with Gasteiger partial charge in [0.1, 0.15) is 12.4 Å². The molecule has 1 amide bonds. The minimum Gasteiger partial charge on any atom is -0.493 e. The molecule has 2 rings (SSSR count). The molecule has 0 aliphatic rings. The number of carbonyl (C=O) groups is 1. The van der Waals surface area contributed by atoms with Gasteiger partial charge in [-0.05, 0) is 48.9 Å². The predicted molar refractivity (Wildman–Crippen MR) is 110 cm³/mol. The smallest absolute Gasteiger partial charge is 0.262 e. The third kappa shape index (κ3) is 7.21. The fourth-order valence-corrected chi connectivity index (χ4v) is 2.25. The highest BCUT2D eigenvalue weighted by Crippen LogP contribution is 2.28. The highest BCUT2D eigenvalue weighted by Gasteiger charge is 2.08. The molecular weight excluding hydrogens is 368 g/mol. The molecule has 0 saturated heterocycles. The van der Waals surface area contributed by atoms with Crippen molar-refractivity contribution in [2.24, 2.45) is 5.73 Å². The van der Waals surface area contributed by atoms with Crippen LogP contribution in [0.15, 0.2) is 48.5 Å². The Labute approximate surface area is 165 Å². The second-order valence-corrected chi connectivity index (χ2v) is 5.41. The van der Waals surface area contributed by atoms with Crippen molar-refractivity contribution in [2.45, 2.75) is 6.92 Å². The number of allylic oxidation sites excluding steroid dienone is 1. The van der Waals surface area contributed by atoms with Crippen molar-refractivity contribution in [2.75, 3.05) is 32.2 Å². The summed E-state index contributed by atoms with van der Waals surface area (Å²) in [4.78, 5) is 12.1. The van der Waals surface area contributed by atoms with E-state index in [0.717, 1.165) is 5.56 Å². The largest absolute Gasteiger partial charge is 0.493 e. The number of nitrogens with two attached hydrogens (primary N) is 1. The van der Waals surface area contributed by atoms with Crippen molar-refractivity contribution in [1.82, 2.24) is 0 Å². The van der Waals surface area contributed by atoms with Crippen LogP contribution >= 0.6 is 12.4 Å². The molecular formula is C20H25ClN2O4. The molecule has 0 aliphatic carbocycles. The number of carbonyl (C=O) groups excluding carboxylic acids is 1. The summed E-state index contributed by atoms with van der Waals surface area (Å²) < 4.78 is 16.3. The fraction of sp³-hybridized carbons (Fsp3) is 0.250. The maximum Gasteiger partial charge on any atom is 0.262 e. The van der Waals surface area contributed by atoms with Crippen LogP contribution in [-0.4, -0.2) is 32.8 Å². The average molecular weight is 393 g/mol. The van der Waals surface area contributed by atoms with Gasteiger partial charge in [0.2, 0.25) is 0 Å². The number of nitrogens with one attached hydrogen (secondary N) is 1. The summed E-state index contributed by atoms with van der Waals surface area (Å²) in [6, 6.07) is 12.6. The van der Waals surface area contributed by atoms with Crippen LogP contribution in [0.5, 0.6) is 17.2 Å². The van der Waals surface area contributed by atoms with E-state index in [2.05, 4.69) is 5.32 Å². The highest BCUT2D eigenvalue weighted by molar-refractivity contribution is 5.91. The maximum absolute atomic E-state index is 12.1. The molecule has 3 N–H and O–H groups in total. The second-order valence-electron chi connectivity index (χ2n) is 5.41. The average Bonchev–Trinajstić information content (AvgIpc) is 2.66. The third-order valence-electron chi connectivity index (χ3n) is 3.43. The zero-order valence-corrected chi connectivity index (χ0v) is 16.3. The molecule has 0 saturated carbocycles. The Hall–Kier alpha value is -2.70. The Morgan fingerprint density at radius 3 is 2.48 bits per heavy atom. The molecule has 6 nitrogen and oxygen atoms in total. The number of anilines is 1. The van der Waals surface area contributed by atoms with E-state index in [4.69, 9.17) is 19.9 Å². The first kappa shape index (κ1) is 22.3. The van der Waals surface area contributed by atoms with E-state index in [1.807, 2.05) is 31.2 Å². The van der Waals surface area contributed by atoms with Crippen molar-refractivity contribution >= 4 is 30.1 Å². The Morgan fingerprint density at radius 2 is 1.85 bits per heavy atom. The first-order valence-corrected chi connectivity index (χ1v) is 8.32. The molecule has 0 heterocycles. The van der Waals surface area contributed by atoms with E-state index in [1.54, 1.807) is 37.4 Å². The molecule has 0 radical (unpaired) electrons. The molecule has 0 fully saturated rings. The first-order valence-electron chi connectivity index (χ1n) is 8.32. The number of hydrogen-bond acceptors (Lipinski definition) is 5. The van der Waals surface area contributed by atoms with Gasteiger partial charge in [0.15, 0.2) is 18.1 Å². The monoisotopic (exact) mass is 392 g/mol. The zero-order chi connectivity index (χ0) is 18.8. The number of hydrogen-bond donors (Lipinski definition) is 2. The SMILES string of the molecule is C/C=C/c1ccc(OCC(=O)Nc2ccc(OCCN)cc2)c(OC)c1.Cl. The van der Waals surface area contributed by atoms with Crippen LogP contribution in [0.4, 0.5) is 5.69 Å². The minimum atomic E-state index is -0.264.